The number of nitrogens with one attached hydrogen (secondary N) is 1. The van der Waals surface area contributed by atoms with Gasteiger partial charge in [-0.3, -0.25) is 9.59 Å². The molecule has 0 fully saturated rings. The Morgan fingerprint density at radius 2 is 1.76 bits per heavy atom. The first-order chi connectivity index (χ1) is 16.5. The van der Waals surface area contributed by atoms with E-state index in [1.807, 2.05) is 37.3 Å². The fraction of sp³-hybridized carbons (Fsp3) is 0.240. The van der Waals surface area contributed by atoms with E-state index in [9.17, 15) is 9.59 Å². The maximum atomic E-state index is 12.9. The summed E-state index contributed by atoms with van der Waals surface area (Å²) in [5.41, 5.74) is 2.47. The van der Waals surface area contributed by atoms with Crippen molar-refractivity contribution in [2.45, 2.75) is 20.0 Å². The van der Waals surface area contributed by atoms with E-state index in [1.54, 1.807) is 44.8 Å². The van der Waals surface area contributed by atoms with Gasteiger partial charge in [0.15, 0.2) is 11.5 Å². The van der Waals surface area contributed by atoms with Gasteiger partial charge in [-0.25, -0.2) is 4.52 Å². The Hall–Kier alpha value is -4.27. The van der Waals surface area contributed by atoms with Crippen molar-refractivity contribution in [2.75, 3.05) is 20.8 Å². The predicted molar refractivity (Wildman–Crippen MR) is 127 cm³/mol. The van der Waals surface area contributed by atoms with Gasteiger partial charge in [0.25, 0.3) is 5.56 Å². The van der Waals surface area contributed by atoms with Crippen LogP contribution < -0.4 is 25.1 Å². The molecule has 9 heteroatoms. The second kappa shape index (κ2) is 10.1. The molecule has 4 rings (SSSR count). The van der Waals surface area contributed by atoms with Crippen molar-refractivity contribution in [3.05, 3.63) is 76.8 Å². The van der Waals surface area contributed by atoms with E-state index in [0.717, 1.165) is 16.9 Å². The van der Waals surface area contributed by atoms with Crippen LogP contribution >= 0.6 is 0 Å². The van der Waals surface area contributed by atoms with Gasteiger partial charge in [-0.2, -0.15) is 5.10 Å². The van der Waals surface area contributed by atoms with E-state index in [0.29, 0.717) is 35.9 Å². The van der Waals surface area contributed by atoms with Crippen LogP contribution in [0.5, 0.6) is 17.2 Å². The van der Waals surface area contributed by atoms with Crippen molar-refractivity contribution in [2.24, 2.45) is 0 Å². The molecule has 0 saturated carbocycles. The van der Waals surface area contributed by atoms with Crippen LogP contribution in [0.3, 0.4) is 0 Å². The number of carbonyl (C=O) groups is 1. The zero-order valence-corrected chi connectivity index (χ0v) is 19.3. The Labute approximate surface area is 196 Å². The molecule has 0 unspecified atom stereocenters. The summed E-state index contributed by atoms with van der Waals surface area (Å²) in [4.78, 5) is 25.5. The number of carbonyl (C=O) groups excluding carboxylic acids is 1. The highest BCUT2D eigenvalue weighted by molar-refractivity contribution is 5.76. The molecule has 176 valence electrons. The van der Waals surface area contributed by atoms with Crippen molar-refractivity contribution in [3.8, 4) is 28.5 Å². The standard InChI is InChI=1S/C25H26N4O5/c1-4-34-19-8-6-18(7-9-19)20-14-21-25(31)28(11-12-29(21)27-20)16-24(30)26-15-17-5-10-22(32-2)23(13-17)33-3/h5-14H,4,15-16H2,1-3H3,(H,26,30). The molecular weight excluding hydrogens is 436 g/mol. The summed E-state index contributed by atoms with van der Waals surface area (Å²) >= 11 is 0. The number of rotatable bonds is 9. The number of hydrogen-bond acceptors (Lipinski definition) is 6. The van der Waals surface area contributed by atoms with Crippen LogP contribution in [0.25, 0.3) is 16.8 Å². The van der Waals surface area contributed by atoms with E-state index in [4.69, 9.17) is 14.2 Å². The third-order valence-electron chi connectivity index (χ3n) is 5.32. The summed E-state index contributed by atoms with van der Waals surface area (Å²) in [6.45, 7) is 2.71. The summed E-state index contributed by atoms with van der Waals surface area (Å²) in [7, 11) is 3.12. The average molecular weight is 463 g/mol. The zero-order chi connectivity index (χ0) is 24.1. The van der Waals surface area contributed by atoms with Crippen LogP contribution in [0.15, 0.2) is 65.7 Å². The molecule has 0 spiro atoms. The van der Waals surface area contributed by atoms with Crippen LogP contribution in [0.1, 0.15) is 12.5 Å². The van der Waals surface area contributed by atoms with Crippen LogP contribution in [0.2, 0.25) is 0 Å². The van der Waals surface area contributed by atoms with Gasteiger partial charge in [0.1, 0.15) is 17.8 Å². The molecule has 9 nitrogen and oxygen atoms in total. The Morgan fingerprint density at radius 3 is 2.47 bits per heavy atom. The Balaban J connectivity index is 1.46. The number of aromatic nitrogens is 3. The van der Waals surface area contributed by atoms with Crippen molar-refractivity contribution in [1.29, 1.82) is 0 Å². The maximum absolute atomic E-state index is 12.9. The lowest BCUT2D eigenvalue weighted by Gasteiger charge is -2.11. The monoisotopic (exact) mass is 462 g/mol. The van der Waals surface area contributed by atoms with Crippen LogP contribution in [-0.2, 0) is 17.9 Å². The number of benzene rings is 2. The molecule has 0 bridgehead atoms. The molecular formula is C25H26N4O5. The minimum absolute atomic E-state index is 0.105. The van der Waals surface area contributed by atoms with Crippen molar-refractivity contribution in [3.63, 3.8) is 0 Å². The first-order valence-electron chi connectivity index (χ1n) is 10.8. The van der Waals surface area contributed by atoms with E-state index in [1.165, 1.54) is 9.08 Å². The fourth-order valence-corrected chi connectivity index (χ4v) is 3.58. The molecule has 0 aliphatic rings. The lowest BCUT2D eigenvalue weighted by molar-refractivity contribution is -0.121. The molecule has 0 atom stereocenters. The summed E-state index contributed by atoms with van der Waals surface area (Å²) in [6, 6.07) is 14.7. The van der Waals surface area contributed by atoms with Gasteiger partial charge in [-0.1, -0.05) is 6.07 Å². The Kier molecular flexibility index (Phi) is 6.82. The quantitative estimate of drug-likeness (QED) is 0.411. The van der Waals surface area contributed by atoms with Crippen molar-refractivity contribution >= 4 is 11.4 Å². The fourth-order valence-electron chi connectivity index (χ4n) is 3.58. The zero-order valence-electron chi connectivity index (χ0n) is 19.3. The van der Waals surface area contributed by atoms with Crippen LogP contribution in [-0.4, -0.2) is 40.9 Å². The van der Waals surface area contributed by atoms with Gasteiger partial charge >= 0.3 is 0 Å². The smallest absolute Gasteiger partial charge is 0.277 e. The SMILES string of the molecule is CCOc1ccc(-c2cc3c(=O)n(CC(=O)NCc4ccc(OC)c(OC)c4)ccn3n2)cc1. The maximum Gasteiger partial charge on any atom is 0.277 e. The summed E-state index contributed by atoms with van der Waals surface area (Å²) in [6.07, 6.45) is 3.22. The number of ether oxygens (including phenoxy) is 3. The lowest BCUT2D eigenvalue weighted by Crippen LogP contribution is -2.32. The Morgan fingerprint density at radius 1 is 1.00 bits per heavy atom. The molecule has 2 aromatic carbocycles. The van der Waals surface area contributed by atoms with E-state index in [2.05, 4.69) is 10.4 Å². The minimum atomic E-state index is -0.298. The molecule has 0 radical (unpaired) electrons. The van der Waals surface area contributed by atoms with Crippen LogP contribution in [0.4, 0.5) is 0 Å². The summed E-state index contributed by atoms with van der Waals surface area (Å²) < 4.78 is 18.9. The van der Waals surface area contributed by atoms with E-state index >= 15 is 0 Å². The third-order valence-corrected chi connectivity index (χ3v) is 5.32. The van der Waals surface area contributed by atoms with Gasteiger partial charge < -0.3 is 24.1 Å². The molecule has 0 aliphatic carbocycles. The molecule has 2 heterocycles. The molecule has 1 N–H and O–H groups in total. The summed E-state index contributed by atoms with van der Waals surface area (Å²) in [5, 5.41) is 7.31. The highest BCUT2D eigenvalue weighted by atomic mass is 16.5. The Bertz CT molecular complexity index is 1360. The minimum Gasteiger partial charge on any atom is -0.494 e. The molecule has 4 aromatic rings. The number of amides is 1. The topological polar surface area (TPSA) is 96.1 Å². The van der Waals surface area contributed by atoms with Gasteiger partial charge in [0.2, 0.25) is 5.91 Å². The molecule has 2 aromatic heterocycles. The first-order valence-corrected chi connectivity index (χ1v) is 10.8. The second-order valence-corrected chi connectivity index (χ2v) is 7.51. The first kappa shape index (κ1) is 22.9. The number of hydrogen-bond donors (Lipinski definition) is 1. The molecule has 0 saturated heterocycles. The van der Waals surface area contributed by atoms with Gasteiger partial charge in [-0.15, -0.1) is 0 Å². The highest BCUT2D eigenvalue weighted by Gasteiger charge is 2.12. The molecule has 0 aliphatic heterocycles. The van der Waals surface area contributed by atoms with E-state index in [-0.39, 0.29) is 18.0 Å². The normalized spacial score (nSPS) is 10.8. The average Bonchev–Trinajstić information content (AvgIpc) is 3.30. The predicted octanol–water partition coefficient (Wildman–Crippen LogP) is 2.90. The van der Waals surface area contributed by atoms with Crippen LogP contribution in [0, 0.1) is 0 Å². The number of nitrogens with zero attached hydrogens (tertiary/aromatic N) is 3. The summed E-state index contributed by atoms with van der Waals surface area (Å²) in [5.74, 6) is 1.69. The van der Waals surface area contributed by atoms with Gasteiger partial charge in [0, 0.05) is 24.5 Å². The number of fused-ring (bicyclic) bond motifs is 1. The van der Waals surface area contributed by atoms with Gasteiger partial charge in [0.05, 0.1) is 26.5 Å². The third kappa shape index (κ3) is 4.88. The highest BCUT2D eigenvalue weighted by Crippen LogP contribution is 2.27. The largest absolute Gasteiger partial charge is 0.494 e. The van der Waals surface area contributed by atoms with Crippen molar-refractivity contribution in [1.82, 2.24) is 19.5 Å². The van der Waals surface area contributed by atoms with Crippen molar-refractivity contribution < 1.29 is 19.0 Å². The van der Waals surface area contributed by atoms with Gasteiger partial charge in [-0.05, 0) is 55.0 Å². The molecule has 1 amide bonds. The van der Waals surface area contributed by atoms with E-state index < -0.39 is 0 Å². The lowest BCUT2D eigenvalue weighted by atomic mass is 10.1. The number of methoxy groups -OCH3 is 2. The second-order valence-electron chi connectivity index (χ2n) is 7.51. The molecule has 34 heavy (non-hydrogen) atoms.